The lowest BCUT2D eigenvalue weighted by molar-refractivity contribution is 0.216. The zero-order chi connectivity index (χ0) is 26.7. The second kappa shape index (κ2) is 10.9. The van der Waals surface area contributed by atoms with Gasteiger partial charge in [0.25, 0.3) is 0 Å². The zero-order valence-electron chi connectivity index (χ0n) is 23.3. The number of rotatable bonds is 11. The van der Waals surface area contributed by atoms with Crippen LogP contribution in [0.2, 0.25) is 0 Å². The van der Waals surface area contributed by atoms with Gasteiger partial charge in [-0.05, 0) is 52.7 Å². The minimum Gasteiger partial charge on any atom is -0.313 e. The summed E-state index contributed by atoms with van der Waals surface area (Å²) in [6.07, 6.45) is 1.77. The fourth-order valence-electron chi connectivity index (χ4n) is 6.23. The summed E-state index contributed by atoms with van der Waals surface area (Å²) in [7, 11) is -2.92. The van der Waals surface area contributed by atoms with Crippen molar-refractivity contribution in [1.29, 1.82) is 0 Å². The first kappa shape index (κ1) is 28.8. The Morgan fingerprint density at radius 2 is 1.00 bits per heavy atom. The molecule has 3 aromatic carbocycles. The first-order valence-corrected chi connectivity index (χ1v) is 15.4. The number of nitrogens with one attached hydrogen (secondary N) is 1. The van der Waals surface area contributed by atoms with Crippen LogP contribution in [0.3, 0.4) is 0 Å². The van der Waals surface area contributed by atoms with Gasteiger partial charge < -0.3 is 9.88 Å². The smallest absolute Gasteiger partial charge is 0.148 e. The number of hydrogen-bond donors (Lipinski definition) is 1. The monoisotopic (exact) mass is 521 g/mol. The van der Waals surface area contributed by atoms with E-state index in [1.165, 1.54) is 4.90 Å². The van der Waals surface area contributed by atoms with Crippen LogP contribution in [0.25, 0.3) is 0 Å². The van der Waals surface area contributed by atoms with Gasteiger partial charge in [0, 0.05) is 36.5 Å². The molecule has 0 aliphatic heterocycles. The van der Waals surface area contributed by atoms with Crippen molar-refractivity contribution in [3.63, 3.8) is 0 Å². The van der Waals surface area contributed by atoms with Gasteiger partial charge in [-0.1, -0.05) is 107 Å². The lowest BCUT2D eigenvalue weighted by Gasteiger charge is -2.46. The normalized spacial score (nSPS) is 13.6. The molecule has 4 heteroatoms. The molecule has 3 aromatic rings. The molecule has 0 amide bonds. The van der Waals surface area contributed by atoms with E-state index in [1.807, 2.05) is 72.4 Å². The van der Waals surface area contributed by atoms with Crippen molar-refractivity contribution < 1.29 is 4.57 Å². The van der Waals surface area contributed by atoms with Gasteiger partial charge in [-0.2, -0.15) is 0 Å². The van der Waals surface area contributed by atoms with Crippen molar-refractivity contribution in [2.24, 2.45) is 0 Å². The Balaban J connectivity index is 1.84. The van der Waals surface area contributed by atoms with E-state index in [-0.39, 0.29) is 15.8 Å². The molecule has 2 nitrogen and oxygen atoms in total. The van der Waals surface area contributed by atoms with Gasteiger partial charge in [-0.15, -0.1) is 11.8 Å². The van der Waals surface area contributed by atoms with Crippen molar-refractivity contribution in [1.82, 2.24) is 5.32 Å². The van der Waals surface area contributed by atoms with Gasteiger partial charge in [0.15, 0.2) is 0 Å². The van der Waals surface area contributed by atoms with Gasteiger partial charge >= 0.3 is 0 Å². The molecule has 0 aliphatic rings. The molecular formula is C32H44NOPS. The fourth-order valence-corrected chi connectivity index (χ4v) is 11.1. The Morgan fingerprint density at radius 3 is 1.44 bits per heavy atom. The topological polar surface area (TPSA) is 29.1 Å². The summed E-state index contributed by atoms with van der Waals surface area (Å²) in [6, 6.07) is 30.8. The van der Waals surface area contributed by atoms with Crippen LogP contribution in [-0.2, 0) is 4.57 Å². The molecule has 0 aromatic heterocycles. The summed E-state index contributed by atoms with van der Waals surface area (Å²) in [5, 5.41) is 5.38. The van der Waals surface area contributed by atoms with Crippen LogP contribution in [0.15, 0.2) is 95.9 Å². The van der Waals surface area contributed by atoms with Crippen LogP contribution in [0.5, 0.6) is 0 Å². The van der Waals surface area contributed by atoms with E-state index in [0.717, 1.165) is 23.5 Å². The van der Waals surface area contributed by atoms with Gasteiger partial charge in [-0.25, -0.2) is 0 Å². The molecule has 0 aliphatic carbocycles. The van der Waals surface area contributed by atoms with E-state index < -0.39 is 12.3 Å². The Bertz CT molecular complexity index is 1110. The van der Waals surface area contributed by atoms with Crippen molar-refractivity contribution in [3.8, 4) is 0 Å². The maximum atomic E-state index is 15.1. The molecule has 0 saturated carbocycles. The van der Waals surface area contributed by atoms with E-state index in [1.54, 1.807) is 0 Å². The highest BCUT2D eigenvalue weighted by atomic mass is 32.2. The Kier molecular flexibility index (Phi) is 8.71. The Morgan fingerprint density at radius 1 is 0.611 bits per heavy atom. The highest BCUT2D eigenvalue weighted by Crippen LogP contribution is 2.58. The van der Waals surface area contributed by atoms with Crippen molar-refractivity contribution in [2.75, 3.05) is 0 Å². The third kappa shape index (κ3) is 7.15. The molecule has 3 rings (SSSR count). The minimum atomic E-state index is -2.92. The predicted molar refractivity (Wildman–Crippen MR) is 161 cm³/mol. The zero-order valence-corrected chi connectivity index (χ0v) is 25.0. The molecule has 194 valence electrons. The summed E-state index contributed by atoms with van der Waals surface area (Å²) in [5.74, 6) is 0. The second-order valence-electron chi connectivity index (χ2n) is 12.5. The lowest BCUT2D eigenvalue weighted by Crippen LogP contribution is -2.56. The summed E-state index contributed by atoms with van der Waals surface area (Å²) in [5.41, 5.74) is -0.325. The van der Waals surface area contributed by atoms with Crippen molar-refractivity contribution in [3.05, 3.63) is 91.0 Å². The van der Waals surface area contributed by atoms with E-state index in [2.05, 4.69) is 91.0 Å². The molecule has 0 atom stereocenters. The third-order valence-electron chi connectivity index (χ3n) is 6.65. The van der Waals surface area contributed by atoms with Gasteiger partial charge in [0.1, 0.15) is 7.14 Å². The Hall–Kier alpha value is -1.80. The first-order valence-electron chi connectivity index (χ1n) is 12.9. The third-order valence-corrected chi connectivity index (χ3v) is 11.8. The van der Waals surface area contributed by atoms with Crippen molar-refractivity contribution in [2.45, 2.75) is 94.1 Å². The van der Waals surface area contributed by atoms with Crippen LogP contribution < -0.4 is 15.9 Å². The van der Waals surface area contributed by atoms with Gasteiger partial charge in [0.05, 0.1) is 0 Å². The van der Waals surface area contributed by atoms with E-state index >= 15 is 4.57 Å². The number of hydrogen-bond acceptors (Lipinski definition) is 3. The molecule has 0 heterocycles. The second-order valence-corrected chi connectivity index (χ2v) is 17.8. The van der Waals surface area contributed by atoms with Gasteiger partial charge in [-0.3, -0.25) is 0 Å². The lowest BCUT2D eigenvalue weighted by atomic mass is 9.85. The van der Waals surface area contributed by atoms with E-state index in [0.29, 0.717) is 0 Å². The van der Waals surface area contributed by atoms with Gasteiger partial charge in [0.2, 0.25) is 0 Å². The van der Waals surface area contributed by atoms with E-state index in [9.17, 15) is 0 Å². The largest absolute Gasteiger partial charge is 0.313 e. The molecule has 0 unspecified atom stereocenters. The molecule has 0 spiro atoms. The quantitative estimate of drug-likeness (QED) is 0.203. The average Bonchev–Trinajstić information content (AvgIpc) is 2.77. The highest BCUT2D eigenvalue weighted by Gasteiger charge is 2.47. The first-order chi connectivity index (χ1) is 16.7. The van der Waals surface area contributed by atoms with E-state index in [4.69, 9.17) is 0 Å². The summed E-state index contributed by atoms with van der Waals surface area (Å²) in [4.78, 5) is 1.30. The summed E-state index contributed by atoms with van der Waals surface area (Å²) < 4.78 is 15.1. The standard InChI is InChI=1S/C32H44NOPS/c1-29(2,33-30(3,4)25-32(7,8)36-28-22-16-11-17-23-28)24-31(5,6)35(34,26-18-12-9-13-19-26)27-20-14-10-15-21-27/h9-23,33H,24-25H2,1-8H3. The maximum absolute atomic E-state index is 15.1. The van der Waals surface area contributed by atoms with Crippen LogP contribution in [0.1, 0.15) is 68.2 Å². The summed E-state index contributed by atoms with van der Waals surface area (Å²) in [6.45, 7) is 18.1. The minimum absolute atomic E-state index is 0.0623. The predicted octanol–water partition coefficient (Wildman–Crippen LogP) is 8.28. The molecule has 0 saturated heterocycles. The van der Waals surface area contributed by atoms with Crippen LogP contribution in [0.4, 0.5) is 0 Å². The fraction of sp³-hybridized carbons (Fsp3) is 0.438. The van der Waals surface area contributed by atoms with Crippen LogP contribution >= 0.6 is 18.9 Å². The highest BCUT2D eigenvalue weighted by molar-refractivity contribution is 8.00. The molecule has 36 heavy (non-hydrogen) atoms. The molecule has 0 fully saturated rings. The van der Waals surface area contributed by atoms with Crippen molar-refractivity contribution >= 4 is 29.5 Å². The molecular weight excluding hydrogens is 477 g/mol. The number of thioether (sulfide) groups is 1. The molecule has 1 N–H and O–H groups in total. The Labute approximate surface area is 224 Å². The molecule has 0 radical (unpaired) electrons. The average molecular weight is 522 g/mol. The van der Waals surface area contributed by atoms with Crippen LogP contribution in [0, 0.1) is 0 Å². The summed E-state index contributed by atoms with van der Waals surface area (Å²) >= 11 is 1.93. The molecule has 0 bridgehead atoms. The van der Waals surface area contributed by atoms with Crippen LogP contribution in [-0.4, -0.2) is 21.0 Å². The SMILES string of the molecule is CC(C)(CC(C)(C)Sc1ccccc1)NC(C)(C)CC(C)(C)P(=O)(c1ccccc1)c1ccccc1. The number of benzene rings is 3. The maximum Gasteiger partial charge on any atom is 0.148 e.